The molecule has 2 aromatic heterocycles. The summed E-state index contributed by atoms with van der Waals surface area (Å²) >= 11 is 1.73. The Bertz CT molecular complexity index is 938. The van der Waals surface area contributed by atoms with E-state index >= 15 is 0 Å². The molecular weight excluding hydrogens is 336 g/mol. The molecule has 4 rings (SSSR count). The summed E-state index contributed by atoms with van der Waals surface area (Å²) in [4.78, 5) is 21.4. The molecule has 0 aliphatic carbocycles. The number of rotatable bonds is 2. The van der Waals surface area contributed by atoms with E-state index in [0.29, 0.717) is 24.5 Å². The van der Waals surface area contributed by atoms with Crippen LogP contribution in [0.15, 0.2) is 22.7 Å². The molecule has 0 bridgehead atoms. The van der Waals surface area contributed by atoms with Gasteiger partial charge in [0, 0.05) is 32.2 Å². The monoisotopic (exact) mass is 356 g/mol. The third-order valence-corrected chi connectivity index (χ3v) is 5.57. The Morgan fingerprint density at radius 3 is 2.56 bits per heavy atom. The van der Waals surface area contributed by atoms with Crippen LogP contribution >= 0.6 is 11.3 Å². The Morgan fingerprint density at radius 2 is 1.88 bits per heavy atom. The van der Waals surface area contributed by atoms with Gasteiger partial charge in [-0.2, -0.15) is 0 Å². The zero-order valence-electron chi connectivity index (χ0n) is 14.6. The van der Waals surface area contributed by atoms with E-state index < -0.39 is 0 Å². The number of benzene rings is 1. The van der Waals surface area contributed by atoms with E-state index in [1.54, 1.807) is 24.3 Å². The summed E-state index contributed by atoms with van der Waals surface area (Å²) < 4.78 is 6.23. The van der Waals surface area contributed by atoms with Crippen molar-refractivity contribution >= 4 is 32.6 Å². The van der Waals surface area contributed by atoms with Crippen molar-refractivity contribution in [3.05, 3.63) is 40.8 Å². The minimum atomic E-state index is -0.0627. The predicted molar refractivity (Wildman–Crippen MR) is 98.5 cm³/mol. The van der Waals surface area contributed by atoms with Crippen LogP contribution in [0, 0.1) is 20.8 Å². The molecule has 25 heavy (non-hydrogen) atoms. The number of hydrogen-bond donors (Lipinski definition) is 0. The van der Waals surface area contributed by atoms with Gasteiger partial charge in [0.2, 0.25) is 0 Å². The van der Waals surface area contributed by atoms with Gasteiger partial charge in [0.05, 0.1) is 10.2 Å². The van der Waals surface area contributed by atoms with Crippen molar-refractivity contribution in [3.63, 3.8) is 0 Å². The molecule has 6 nitrogen and oxygen atoms in total. The van der Waals surface area contributed by atoms with Crippen molar-refractivity contribution in [3.8, 4) is 0 Å². The first kappa shape index (κ1) is 16.1. The highest BCUT2D eigenvalue weighted by atomic mass is 32.1. The number of hydrogen-bond acceptors (Lipinski definition) is 6. The molecule has 1 amide bonds. The first-order valence-electron chi connectivity index (χ1n) is 8.36. The highest BCUT2D eigenvalue weighted by molar-refractivity contribution is 7.22. The maximum absolute atomic E-state index is 12.5. The Kier molecular flexibility index (Phi) is 3.95. The van der Waals surface area contributed by atoms with Crippen LogP contribution in [0.5, 0.6) is 0 Å². The van der Waals surface area contributed by atoms with E-state index in [0.717, 1.165) is 23.7 Å². The van der Waals surface area contributed by atoms with Crippen LogP contribution in [0.2, 0.25) is 0 Å². The molecule has 0 atom stereocenters. The maximum Gasteiger partial charge on any atom is 0.276 e. The SMILES string of the molecule is Cc1cc(C)c2nc(N3CCN(C(=O)c4cc(C)on4)CC3)sc2c1. The van der Waals surface area contributed by atoms with Crippen molar-refractivity contribution in [2.75, 3.05) is 31.1 Å². The lowest BCUT2D eigenvalue weighted by Gasteiger charge is -2.34. The van der Waals surface area contributed by atoms with Crippen LogP contribution in [0.25, 0.3) is 10.2 Å². The molecule has 7 heteroatoms. The van der Waals surface area contributed by atoms with Gasteiger partial charge in [0.15, 0.2) is 10.8 Å². The van der Waals surface area contributed by atoms with Crippen LogP contribution in [0.1, 0.15) is 27.4 Å². The molecule has 0 radical (unpaired) electrons. The maximum atomic E-state index is 12.5. The summed E-state index contributed by atoms with van der Waals surface area (Å²) in [7, 11) is 0. The fraction of sp³-hybridized carbons (Fsp3) is 0.389. The van der Waals surface area contributed by atoms with Gasteiger partial charge in [-0.1, -0.05) is 22.6 Å². The second-order valence-corrected chi connectivity index (χ2v) is 7.54. The number of anilines is 1. The second-order valence-electron chi connectivity index (χ2n) is 6.53. The Hall–Kier alpha value is -2.41. The molecule has 0 spiro atoms. The van der Waals surface area contributed by atoms with Crippen LogP contribution < -0.4 is 4.90 Å². The van der Waals surface area contributed by atoms with Crippen molar-refractivity contribution in [2.45, 2.75) is 20.8 Å². The number of amides is 1. The van der Waals surface area contributed by atoms with Crippen molar-refractivity contribution in [1.29, 1.82) is 0 Å². The van der Waals surface area contributed by atoms with Crippen LogP contribution in [0.3, 0.4) is 0 Å². The smallest absolute Gasteiger partial charge is 0.276 e. The summed E-state index contributed by atoms with van der Waals surface area (Å²) in [6.45, 7) is 8.90. The molecule has 3 heterocycles. The molecule has 130 valence electrons. The minimum Gasteiger partial charge on any atom is -0.361 e. The zero-order valence-corrected chi connectivity index (χ0v) is 15.4. The number of aromatic nitrogens is 2. The summed E-state index contributed by atoms with van der Waals surface area (Å²) in [6, 6.07) is 6.05. The first-order chi connectivity index (χ1) is 12.0. The van der Waals surface area contributed by atoms with Gasteiger partial charge in [-0.25, -0.2) is 4.98 Å². The zero-order chi connectivity index (χ0) is 17.6. The first-order valence-corrected chi connectivity index (χ1v) is 9.18. The van der Waals surface area contributed by atoms with Crippen LogP contribution in [-0.2, 0) is 0 Å². The Balaban J connectivity index is 1.48. The number of piperazine rings is 1. The van der Waals surface area contributed by atoms with E-state index in [2.05, 4.69) is 36.0 Å². The van der Waals surface area contributed by atoms with Gasteiger partial charge < -0.3 is 14.3 Å². The third-order valence-electron chi connectivity index (χ3n) is 4.50. The lowest BCUT2D eigenvalue weighted by atomic mass is 10.1. The fourth-order valence-corrected chi connectivity index (χ4v) is 4.42. The topological polar surface area (TPSA) is 62.5 Å². The average Bonchev–Trinajstić information content (AvgIpc) is 3.21. The number of thiazole rings is 1. The lowest BCUT2D eigenvalue weighted by molar-refractivity contribution is 0.0736. The molecule has 1 fully saturated rings. The molecule has 0 saturated carbocycles. The highest BCUT2D eigenvalue weighted by Gasteiger charge is 2.25. The quantitative estimate of drug-likeness (QED) is 0.706. The standard InChI is InChI=1S/C18H20N4O2S/c1-11-8-12(2)16-15(9-11)25-18(19-16)22-6-4-21(5-7-22)17(23)14-10-13(3)24-20-14/h8-10H,4-7H2,1-3H3. The molecule has 1 aliphatic heterocycles. The molecule has 1 saturated heterocycles. The summed E-state index contributed by atoms with van der Waals surface area (Å²) in [5, 5.41) is 4.86. The van der Waals surface area contributed by atoms with Gasteiger partial charge in [0.25, 0.3) is 5.91 Å². The van der Waals surface area contributed by atoms with Gasteiger partial charge >= 0.3 is 0 Å². The van der Waals surface area contributed by atoms with E-state index in [1.807, 2.05) is 4.90 Å². The van der Waals surface area contributed by atoms with E-state index in [9.17, 15) is 4.79 Å². The van der Waals surface area contributed by atoms with E-state index in [1.165, 1.54) is 15.8 Å². The van der Waals surface area contributed by atoms with Gasteiger partial charge in [0.1, 0.15) is 5.76 Å². The fourth-order valence-electron chi connectivity index (χ4n) is 3.22. The lowest BCUT2D eigenvalue weighted by Crippen LogP contribution is -2.48. The minimum absolute atomic E-state index is 0.0627. The van der Waals surface area contributed by atoms with Gasteiger partial charge in [-0.3, -0.25) is 4.79 Å². The number of fused-ring (bicyclic) bond motifs is 1. The molecule has 0 N–H and O–H groups in total. The molecule has 0 unspecified atom stereocenters. The normalized spacial score (nSPS) is 15.2. The largest absolute Gasteiger partial charge is 0.361 e. The Labute approximate surface area is 150 Å². The molecule has 1 aromatic carbocycles. The molecule has 3 aromatic rings. The number of carbonyl (C=O) groups excluding carboxylic acids is 1. The van der Waals surface area contributed by atoms with Crippen LogP contribution in [0.4, 0.5) is 5.13 Å². The average molecular weight is 356 g/mol. The molecule has 1 aliphatic rings. The number of carbonyl (C=O) groups is 1. The summed E-state index contributed by atoms with van der Waals surface area (Å²) in [5.41, 5.74) is 3.95. The highest BCUT2D eigenvalue weighted by Crippen LogP contribution is 2.32. The van der Waals surface area contributed by atoms with E-state index in [4.69, 9.17) is 9.51 Å². The van der Waals surface area contributed by atoms with E-state index in [-0.39, 0.29) is 5.91 Å². The van der Waals surface area contributed by atoms with Crippen molar-refractivity contribution in [1.82, 2.24) is 15.0 Å². The van der Waals surface area contributed by atoms with Crippen molar-refractivity contribution in [2.24, 2.45) is 0 Å². The Morgan fingerprint density at radius 1 is 1.12 bits per heavy atom. The molecular formula is C18H20N4O2S. The number of nitrogens with zero attached hydrogens (tertiary/aromatic N) is 4. The van der Waals surface area contributed by atoms with Crippen LogP contribution in [-0.4, -0.2) is 47.1 Å². The van der Waals surface area contributed by atoms with Gasteiger partial charge in [-0.15, -0.1) is 0 Å². The summed E-state index contributed by atoms with van der Waals surface area (Å²) in [6.07, 6.45) is 0. The predicted octanol–water partition coefficient (Wildman–Crippen LogP) is 3.17. The number of aryl methyl sites for hydroxylation is 3. The second kappa shape index (κ2) is 6.15. The van der Waals surface area contributed by atoms with Gasteiger partial charge in [-0.05, 0) is 38.0 Å². The summed E-state index contributed by atoms with van der Waals surface area (Å²) in [5.74, 6) is 0.592. The third kappa shape index (κ3) is 3.00. The van der Waals surface area contributed by atoms with Crippen molar-refractivity contribution < 1.29 is 9.32 Å².